The fraction of sp³-hybridized carbons (Fsp3) is 0.722. The number of carbonyl (C=O) groups excluding carboxylic acids is 2. The summed E-state index contributed by atoms with van der Waals surface area (Å²) in [4.78, 5) is 37.2. The van der Waals surface area contributed by atoms with Crippen LogP contribution in [0.15, 0.2) is 0 Å². The molecule has 2 aliphatic heterocycles. The molecule has 2 fully saturated rings. The lowest BCUT2D eigenvalue weighted by molar-refractivity contribution is -0.139. The smallest absolute Gasteiger partial charge is 0.320 e. The third-order valence-electron chi connectivity index (χ3n) is 4.99. The average Bonchev–Trinajstić information content (AvgIpc) is 2.57. The molecule has 2 saturated heterocycles. The largest absolute Gasteiger partial charge is 0.480 e. The number of likely N-dealkylation sites (tertiary alicyclic amines) is 1. The van der Waals surface area contributed by atoms with Crippen molar-refractivity contribution in [3.8, 4) is 12.3 Å². The summed E-state index contributed by atoms with van der Waals surface area (Å²) in [6, 6.07) is 0. The van der Waals surface area contributed by atoms with Gasteiger partial charge in [-0.1, -0.05) is 5.92 Å². The highest BCUT2D eigenvalue weighted by Gasteiger charge is 2.29. The van der Waals surface area contributed by atoms with Gasteiger partial charge in [-0.05, 0) is 44.7 Å². The zero-order valence-electron chi connectivity index (χ0n) is 14.5. The number of hydrogen-bond acceptors (Lipinski definition) is 4. The number of amides is 2. The second-order valence-corrected chi connectivity index (χ2v) is 6.90. The van der Waals surface area contributed by atoms with E-state index in [2.05, 4.69) is 16.6 Å². The highest BCUT2D eigenvalue weighted by atomic mass is 16.4. The molecular weight excluding hydrogens is 322 g/mol. The van der Waals surface area contributed by atoms with Gasteiger partial charge < -0.3 is 20.6 Å². The third-order valence-corrected chi connectivity index (χ3v) is 4.99. The van der Waals surface area contributed by atoms with Crippen molar-refractivity contribution in [2.45, 2.75) is 32.1 Å². The molecule has 138 valence electrons. The number of nitrogens with one attached hydrogen (secondary N) is 2. The fourth-order valence-electron chi connectivity index (χ4n) is 3.23. The molecule has 7 heteroatoms. The van der Waals surface area contributed by atoms with Crippen LogP contribution < -0.4 is 10.6 Å². The third kappa shape index (κ3) is 5.75. The van der Waals surface area contributed by atoms with Gasteiger partial charge in [0.1, 0.15) is 5.92 Å². The van der Waals surface area contributed by atoms with Crippen molar-refractivity contribution < 1.29 is 19.5 Å². The summed E-state index contributed by atoms with van der Waals surface area (Å²) in [5.41, 5.74) is 0. The monoisotopic (exact) mass is 349 g/mol. The van der Waals surface area contributed by atoms with E-state index in [0.717, 1.165) is 32.4 Å². The number of piperidine rings is 1. The van der Waals surface area contributed by atoms with Crippen molar-refractivity contribution in [2.24, 2.45) is 17.8 Å². The van der Waals surface area contributed by atoms with Crippen molar-refractivity contribution in [3.63, 3.8) is 0 Å². The predicted molar refractivity (Wildman–Crippen MR) is 92.5 cm³/mol. The maximum Gasteiger partial charge on any atom is 0.320 e. The number of nitrogens with zero attached hydrogens (tertiary/aromatic N) is 1. The summed E-state index contributed by atoms with van der Waals surface area (Å²) in [6.07, 6.45) is 9.12. The molecule has 0 aliphatic carbocycles. The molecule has 3 N–H and O–H groups in total. The molecule has 7 nitrogen and oxygen atoms in total. The Balaban J connectivity index is 1.72. The van der Waals surface area contributed by atoms with E-state index in [1.165, 1.54) is 0 Å². The van der Waals surface area contributed by atoms with E-state index >= 15 is 0 Å². The zero-order chi connectivity index (χ0) is 18.2. The second-order valence-electron chi connectivity index (χ2n) is 6.90. The van der Waals surface area contributed by atoms with E-state index in [4.69, 9.17) is 11.5 Å². The van der Waals surface area contributed by atoms with E-state index in [0.29, 0.717) is 31.8 Å². The van der Waals surface area contributed by atoms with Crippen LogP contribution in [-0.2, 0) is 14.4 Å². The van der Waals surface area contributed by atoms with Gasteiger partial charge in [-0.25, -0.2) is 0 Å². The summed E-state index contributed by atoms with van der Waals surface area (Å²) in [5, 5.41) is 14.7. The van der Waals surface area contributed by atoms with E-state index in [1.807, 2.05) is 0 Å². The van der Waals surface area contributed by atoms with Crippen LogP contribution in [0, 0.1) is 30.1 Å². The number of carboxylic acids is 1. The standard InChI is InChI=1S/C18H27N3O4/c1-2-14(18(24)25)11-20-17(23)15-6-4-8-21(12-15)16(22)7-3-5-13-9-19-10-13/h1,13-15,19H,3-12H2,(H,20,23)(H,24,25)/t14-,15+/m0/s1. The Kier molecular flexibility index (Phi) is 7.26. The van der Waals surface area contributed by atoms with E-state index < -0.39 is 11.9 Å². The number of terminal acetylenes is 1. The molecular formula is C18H27N3O4. The van der Waals surface area contributed by atoms with Gasteiger partial charge in [0.15, 0.2) is 0 Å². The van der Waals surface area contributed by atoms with Gasteiger partial charge in [-0.15, -0.1) is 6.42 Å². The molecule has 2 aliphatic rings. The zero-order valence-corrected chi connectivity index (χ0v) is 14.5. The summed E-state index contributed by atoms with van der Waals surface area (Å²) in [7, 11) is 0. The second kappa shape index (κ2) is 9.42. The SMILES string of the molecule is C#C[C@@H](CNC(=O)[C@@H]1CCCN(C(=O)CCCC2CNC2)C1)C(=O)O. The van der Waals surface area contributed by atoms with Crippen molar-refractivity contribution in [3.05, 3.63) is 0 Å². The molecule has 0 aromatic rings. The Bertz CT molecular complexity index is 539. The molecule has 0 bridgehead atoms. The van der Waals surface area contributed by atoms with Crippen LogP contribution >= 0.6 is 0 Å². The molecule has 25 heavy (non-hydrogen) atoms. The normalized spacial score (nSPS) is 21.7. The maximum atomic E-state index is 12.3. The van der Waals surface area contributed by atoms with Crippen LogP contribution in [0.5, 0.6) is 0 Å². The molecule has 0 unspecified atom stereocenters. The number of carboxylic acid groups (broad SMARTS) is 1. The van der Waals surface area contributed by atoms with Gasteiger partial charge >= 0.3 is 5.97 Å². The van der Waals surface area contributed by atoms with Crippen LogP contribution in [0.2, 0.25) is 0 Å². The first-order chi connectivity index (χ1) is 12.0. The van der Waals surface area contributed by atoms with Gasteiger partial charge in [0.05, 0.1) is 5.92 Å². The van der Waals surface area contributed by atoms with Crippen molar-refractivity contribution in [1.29, 1.82) is 0 Å². The first-order valence-corrected chi connectivity index (χ1v) is 8.96. The predicted octanol–water partition coefficient (Wildman–Crippen LogP) is 0.0649. The summed E-state index contributed by atoms with van der Waals surface area (Å²) < 4.78 is 0. The first-order valence-electron chi connectivity index (χ1n) is 8.96. The molecule has 2 atom stereocenters. The lowest BCUT2D eigenvalue weighted by Crippen LogP contribution is -2.46. The van der Waals surface area contributed by atoms with Gasteiger partial charge in [0.25, 0.3) is 0 Å². The summed E-state index contributed by atoms with van der Waals surface area (Å²) in [5.74, 6) is 0.297. The summed E-state index contributed by atoms with van der Waals surface area (Å²) in [6.45, 7) is 3.12. The molecule has 2 rings (SSSR count). The van der Waals surface area contributed by atoms with Crippen molar-refractivity contribution in [2.75, 3.05) is 32.7 Å². The Hall–Kier alpha value is -2.07. The van der Waals surface area contributed by atoms with Gasteiger partial charge in [-0.3, -0.25) is 14.4 Å². The van der Waals surface area contributed by atoms with Crippen molar-refractivity contribution >= 4 is 17.8 Å². The first kappa shape index (κ1) is 19.3. The molecule has 0 aromatic heterocycles. The van der Waals surface area contributed by atoms with Gasteiger partial charge in [0.2, 0.25) is 11.8 Å². The minimum Gasteiger partial charge on any atom is -0.480 e. The molecule has 2 amide bonds. The van der Waals surface area contributed by atoms with Crippen LogP contribution in [0.25, 0.3) is 0 Å². The van der Waals surface area contributed by atoms with E-state index in [-0.39, 0.29) is 24.3 Å². The fourth-order valence-corrected chi connectivity index (χ4v) is 3.23. The van der Waals surface area contributed by atoms with Gasteiger partial charge in [-0.2, -0.15) is 0 Å². The lowest BCUT2D eigenvalue weighted by atomic mass is 9.94. The lowest BCUT2D eigenvalue weighted by Gasteiger charge is -2.32. The van der Waals surface area contributed by atoms with E-state index in [1.54, 1.807) is 4.90 Å². The summed E-state index contributed by atoms with van der Waals surface area (Å²) >= 11 is 0. The topological polar surface area (TPSA) is 98.7 Å². The van der Waals surface area contributed by atoms with Crippen LogP contribution in [0.4, 0.5) is 0 Å². The molecule has 0 radical (unpaired) electrons. The molecule has 0 spiro atoms. The number of hydrogen-bond donors (Lipinski definition) is 3. The molecule has 0 aromatic carbocycles. The quantitative estimate of drug-likeness (QED) is 0.539. The highest BCUT2D eigenvalue weighted by molar-refractivity contribution is 5.82. The van der Waals surface area contributed by atoms with Crippen molar-refractivity contribution in [1.82, 2.24) is 15.5 Å². The van der Waals surface area contributed by atoms with Crippen LogP contribution in [0.1, 0.15) is 32.1 Å². The van der Waals surface area contributed by atoms with Crippen LogP contribution in [-0.4, -0.2) is 60.5 Å². The van der Waals surface area contributed by atoms with Crippen LogP contribution in [0.3, 0.4) is 0 Å². The Morgan fingerprint density at radius 2 is 2.12 bits per heavy atom. The van der Waals surface area contributed by atoms with E-state index in [9.17, 15) is 14.4 Å². The number of rotatable bonds is 8. The minimum atomic E-state index is -1.12. The minimum absolute atomic E-state index is 0.0788. The Labute approximate surface area is 148 Å². The number of carbonyl (C=O) groups is 3. The molecule has 0 saturated carbocycles. The average molecular weight is 349 g/mol. The highest BCUT2D eigenvalue weighted by Crippen LogP contribution is 2.19. The maximum absolute atomic E-state index is 12.3. The van der Waals surface area contributed by atoms with Gasteiger partial charge in [0, 0.05) is 26.1 Å². The Morgan fingerprint density at radius 3 is 2.72 bits per heavy atom. The Morgan fingerprint density at radius 1 is 1.36 bits per heavy atom. The number of aliphatic carboxylic acids is 1. The molecule has 2 heterocycles.